The smallest absolute Gasteiger partial charge is 0.255 e. The third-order valence-corrected chi connectivity index (χ3v) is 7.81. The van der Waals surface area contributed by atoms with Gasteiger partial charge in [-0.25, -0.2) is 4.98 Å². The molecule has 0 aliphatic heterocycles. The van der Waals surface area contributed by atoms with Gasteiger partial charge >= 0.3 is 0 Å². The van der Waals surface area contributed by atoms with E-state index < -0.39 is 5.54 Å². The van der Waals surface area contributed by atoms with Gasteiger partial charge in [-0.05, 0) is 60.4 Å². The number of benzene rings is 3. The molecule has 1 aromatic heterocycles. The van der Waals surface area contributed by atoms with Crippen LogP contribution in [0.2, 0.25) is 0 Å². The molecule has 1 heterocycles. The summed E-state index contributed by atoms with van der Waals surface area (Å²) in [6.45, 7) is 12.4. The van der Waals surface area contributed by atoms with E-state index >= 15 is 0 Å². The first-order valence-electron chi connectivity index (χ1n) is 16.3. The largest absolute Gasteiger partial charge is 0.403 e. The maximum Gasteiger partial charge on any atom is 0.255 e. The zero-order valence-corrected chi connectivity index (χ0v) is 28.6. The van der Waals surface area contributed by atoms with Crippen LogP contribution >= 0.6 is 0 Å². The molecular weight excluding hydrogens is 617 g/mol. The van der Waals surface area contributed by atoms with Gasteiger partial charge in [0.25, 0.3) is 5.91 Å². The summed E-state index contributed by atoms with van der Waals surface area (Å²) in [4.78, 5) is 22.4. The average molecular weight is 661 g/mol. The molecule has 0 aliphatic carbocycles. The molecule has 4 rings (SSSR count). The molecule has 0 radical (unpaired) electrons. The number of nitrogens with zero attached hydrogens (tertiary/aromatic N) is 2. The van der Waals surface area contributed by atoms with Crippen LogP contribution in [0.15, 0.2) is 187 Å². The highest BCUT2D eigenvalue weighted by molar-refractivity contribution is 5.99. The monoisotopic (exact) mass is 660 g/mol. The minimum atomic E-state index is -0.892. The SMILES string of the molecule is C=C/C=C(\C=C/C)C(Nc1ccc(-c2cccc(C(=O)N/C(C=NCc3ccccc3)=C/N)c2)nc1N)(C(/C=C\C)=C/C=C)c1ccccc1. The first-order chi connectivity index (χ1) is 24.4. The number of allylic oxidation sites excluding steroid dienone is 7. The van der Waals surface area contributed by atoms with Gasteiger partial charge in [0.05, 0.1) is 23.6 Å². The number of nitrogens with two attached hydrogens (primary N) is 2. The second-order valence-electron chi connectivity index (χ2n) is 11.2. The molecule has 7 heteroatoms. The minimum absolute atomic E-state index is 0.289. The topological polar surface area (TPSA) is 118 Å². The fourth-order valence-corrected chi connectivity index (χ4v) is 5.55. The van der Waals surface area contributed by atoms with E-state index in [1.165, 1.54) is 6.20 Å². The molecule has 0 fully saturated rings. The fourth-order valence-electron chi connectivity index (χ4n) is 5.55. The predicted molar refractivity (Wildman–Crippen MR) is 210 cm³/mol. The lowest BCUT2D eigenvalue weighted by Crippen LogP contribution is -2.39. The Morgan fingerprint density at radius 3 is 2.08 bits per heavy atom. The van der Waals surface area contributed by atoms with Crippen LogP contribution in [-0.4, -0.2) is 17.1 Å². The van der Waals surface area contributed by atoms with Crippen molar-refractivity contribution in [1.82, 2.24) is 10.3 Å². The normalized spacial score (nSPS) is 13.8. The van der Waals surface area contributed by atoms with Gasteiger partial charge in [0.2, 0.25) is 0 Å². The van der Waals surface area contributed by atoms with E-state index in [1.807, 2.05) is 105 Å². The average Bonchev–Trinajstić information content (AvgIpc) is 3.14. The summed E-state index contributed by atoms with van der Waals surface area (Å²) in [6, 6.07) is 30.9. The number of aromatic nitrogens is 1. The third-order valence-electron chi connectivity index (χ3n) is 7.81. The molecule has 0 saturated carbocycles. The van der Waals surface area contributed by atoms with Crippen molar-refractivity contribution in [3.8, 4) is 11.3 Å². The van der Waals surface area contributed by atoms with Crippen molar-refractivity contribution >= 4 is 23.6 Å². The molecule has 1 amide bonds. The number of nitrogen functional groups attached to an aromatic ring is 1. The second kappa shape index (κ2) is 18.2. The number of amides is 1. The summed E-state index contributed by atoms with van der Waals surface area (Å²) in [5, 5.41) is 6.59. The van der Waals surface area contributed by atoms with Crippen LogP contribution in [0.5, 0.6) is 0 Å². The van der Waals surface area contributed by atoms with Crippen LogP contribution in [0.3, 0.4) is 0 Å². The molecule has 252 valence electrons. The van der Waals surface area contributed by atoms with Crippen molar-refractivity contribution < 1.29 is 4.79 Å². The van der Waals surface area contributed by atoms with E-state index in [-0.39, 0.29) is 11.7 Å². The van der Waals surface area contributed by atoms with E-state index in [2.05, 4.69) is 53.1 Å². The standard InChI is InChI=1S/C43H44N6O/c1-5-16-35(17-6-2)43(36(18-7-3)19-8-4,37-24-13-10-14-25-37)49-40-27-26-39(48-41(40)45)33-22-15-23-34(28-33)42(50)47-38(29-44)31-46-30-32-20-11-9-12-21-32/h5-29,31,49H,1,3,30,44H2,2,4H3,(H2,45,48)(H,47,50)/b17-6-,19-8-,35-16+,36-18+,38-29+,46-31?. The number of pyridine rings is 1. The summed E-state index contributed by atoms with van der Waals surface area (Å²) < 4.78 is 0. The minimum Gasteiger partial charge on any atom is -0.403 e. The molecule has 0 spiro atoms. The van der Waals surface area contributed by atoms with Gasteiger partial charge in [0.15, 0.2) is 0 Å². The summed E-state index contributed by atoms with van der Waals surface area (Å²) in [5.74, 6) is -0.0397. The Hall–Kier alpha value is -6.47. The number of carbonyl (C=O) groups excluding carboxylic acids is 1. The molecule has 4 aromatic rings. The van der Waals surface area contributed by atoms with Crippen molar-refractivity contribution in [1.29, 1.82) is 0 Å². The molecule has 0 unspecified atom stereocenters. The van der Waals surface area contributed by atoms with Crippen molar-refractivity contribution in [2.75, 3.05) is 11.1 Å². The summed E-state index contributed by atoms with van der Waals surface area (Å²) >= 11 is 0. The molecule has 0 saturated heterocycles. The molecule has 3 aromatic carbocycles. The Morgan fingerprint density at radius 1 is 0.860 bits per heavy atom. The molecule has 0 atom stereocenters. The van der Waals surface area contributed by atoms with Gasteiger partial charge < -0.3 is 22.1 Å². The summed E-state index contributed by atoms with van der Waals surface area (Å²) in [5.41, 5.74) is 18.3. The first kappa shape index (κ1) is 36.4. The third kappa shape index (κ3) is 8.90. The van der Waals surface area contributed by atoms with Gasteiger partial charge in [-0.2, -0.15) is 0 Å². The Morgan fingerprint density at radius 2 is 1.50 bits per heavy atom. The number of anilines is 2. The van der Waals surface area contributed by atoms with Gasteiger partial charge in [-0.3, -0.25) is 9.79 Å². The molecule has 7 nitrogen and oxygen atoms in total. The predicted octanol–water partition coefficient (Wildman–Crippen LogP) is 8.82. The van der Waals surface area contributed by atoms with Crippen molar-refractivity contribution in [3.05, 3.63) is 199 Å². The Labute approximate surface area is 295 Å². The van der Waals surface area contributed by atoms with E-state index in [1.54, 1.807) is 36.6 Å². The number of hydrogen-bond acceptors (Lipinski definition) is 6. The van der Waals surface area contributed by atoms with Crippen molar-refractivity contribution in [2.24, 2.45) is 10.7 Å². The number of hydrogen-bond donors (Lipinski definition) is 4. The van der Waals surface area contributed by atoms with Gasteiger partial charge in [0.1, 0.15) is 11.4 Å². The Balaban J connectivity index is 1.68. The van der Waals surface area contributed by atoms with Gasteiger partial charge in [0, 0.05) is 23.5 Å². The lowest BCUT2D eigenvalue weighted by Gasteiger charge is -2.39. The van der Waals surface area contributed by atoms with Crippen molar-refractivity contribution in [2.45, 2.75) is 25.9 Å². The zero-order chi connectivity index (χ0) is 35.8. The van der Waals surface area contributed by atoms with E-state index in [0.717, 1.165) is 27.8 Å². The highest BCUT2D eigenvalue weighted by Crippen LogP contribution is 2.43. The summed E-state index contributed by atoms with van der Waals surface area (Å²) in [6.07, 6.45) is 18.5. The van der Waals surface area contributed by atoms with Crippen LogP contribution in [0.4, 0.5) is 11.5 Å². The van der Waals surface area contributed by atoms with Crippen molar-refractivity contribution in [3.63, 3.8) is 0 Å². The number of nitrogens with one attached hydrogen (secondary N) is 2. The zero-order valence-electron chi connectivity index (χ0n) is 28.6. The molecule has 50 heavy (non-hydrogen) atoms. The lowest BCUT2D eigenvalue weighted by molar-refractivity contribution is 0.0968. The van der Waals surface area contributed by atoms with E-state index in [0.29, 0.717) is 29.2 Å². The Kier molecular flexibility index (Phi) is 13.2. The highest BCUT2D eigenvalue weighted by Gasteiger charge is 2.38. The maximum absolute atomic E-state index is 13.2. The number of rotatable bonds is 15. The quantitative estimate of drug-likeness (QED) is 0.0751. The van der Waals surface area contributed by atoms with Gasteiger partial charge in [-0.1, -0.05) is 135 Å². The van der Waals surface area contributed by atoms with Crippen LogP contribution in [-0.2, 0) is 12.1 Å². The molecule has 0 bridgehead atoms. The molecule has 0 aliphatic rings. The van der Waals surface area contributed by atoms with Crippen LogP contribution in [0.1, 0.15) is 35.3 Å². The highest BCUT2D eigenvalue weighted by atomic mass is 16.1. The van der Waals surface area contributed by atoms with E-state index in [4.69, 9.17) is 16.5 Å². The molecule has 6 N–H and O–H groups in total. The number of carbonyl (C=O) groups is 1. The fraction of sp³-hybridized carbons (Fsp3) is 0.0930. The van der Waals surface area contributed by atoms with Crippen LogP contribution in [0, 0.1) is 0 Å². The number of aliphatic imine (C=N–C) groups is 1. The second-order valence-corrected chi connectivity index (χ2v) is 11.2. The lowest BCUT2D eigenvalue weighted by atomic mass is 9.75. The Bertz CT molecular complexity index is 1930. The first-order valence-corrected chi connectivity index (χ1v) is 16.3. The van der Waals surface area contributed by atoms with Gasteiger partial charge in [-0.15, -0.1) is 0 Å². The summed E-state index contributed by atoms with van der Waals surface area (Å²) in [7, 11) is 0. The van der Waals surface area contributed by atoms with E-state index in [9.17, 15) is 4.79 Å². The van der Waals surface area contributed by atoms with Crippen LogP contribution < -0.4 is 22.1 Å². The molecular formula is C43H44N6O. The van der Waals surface area contributed by atoms with Crippen LogP contribution in [0.25, 0.3) is 11.3 Å². The maximum atomic E-state index is 13.2.